The van der Waals surface area contributed by atoms with E-state index in [1.54, 1.807) is 0 Å². The summed E-state index contributed by atoms with van der Waals surface area (Å²) in [7, 11) is 1.37. The molecular weight excluding hydrogens is 254 g/mol. The Labute approximate surface area is 117 Å². The van der Waals surface area contributed by atoms with Crippen LogP contribution in [0.1, 0.15) is 27.3 Å². The first-order valence-corrected chi connectivity index (χ1v) is 6.45. The molecule has 0 saturated heterocycles. The van der Waals surface area contributed by atoms with Gasteiger partial charge in [-0.1, -0.05) is 29.8 Å². The molecule has 0 saturated carbocycles. The topological polar surface area (TPSA) is 64.1 Å². The van der Waals surface area contributed by atoms with Gasteiger partial charge in [0.2, 0.25) is 0 Å². The number of nitrogens with one attached hydrogen (secondary N) is 1. The van der Waals surface area contributed by atoms with Gasteiger partial charge >= 0.3 is 5.97 Å². The van der Waals surface area contributed by atoms with E-state index in [4.69, 9.17) is 4.74 Å². The van der Waals surface area contributed by atoms with Crippen molar-refractivity contribution in [3.63, 3.8) is 0 Å². The third kappa shape index (κ3) is 2.16. The maximum Gasteiger partial charge on any atom is 0.357 e. The zero-order valence-corrected chi connectivity index (χ0v) is 11.4. The molecule has 1 aliphatic heterocycles. The second-order valence-electron chi connectivity index (χ2n) is 4.78. The Balaban J connectivity index is 2.13. The SMILES string of the molecule is COC(=O)c1nc(-c2ccc(C)cc2)nc2c1CNC2. The summed E-state index contributed by atoms with van der Waals surface area (Å²) in [5.74, 6) is 0.147. The number of methoxy groups -OCH3 is 1. The summed E-state index contributed by atoms with van der Waals surface area (Å²) < 4.78 is 4.81. The fraction of sp³-hybridized carbons (Fsp3) is 0.267. The van der Waals surface area contributed by atoms with Crippen molar-refractivity contribution in [1.29, 1.82) is 0 Å². The highest BCUT2D eigenvalue weighted by atomic mass is 16.5. The molecule has 2 heterocycles. The van der Waals surface area contributed by atoms with Crippen molar-refractivity contribution in [3.8, 4) is 11.4 Å². The first-order valence-electron chi connectivity index (χ1n) is 6.45. The van der Waals surface area contributed by atoms with Gasteiger partial charge in [0.25, 0.3) is 0 Å². The van der Waals surface area contributed by atoms with E-state index in [-0.39, 0.29) is 0 Å². The van der Waals surface area contributed by atoms with E-state index in [9.17, 15) is 4.79 Å². The molecular formula is C15H15N3O2. The molecule has 102 valence electrons. The average Bonchev–Trinajstić information content (AvgIpc) is 2.94. The van der Waals surface area contributed by atoms with E-state index in [2.05, 4.69) is 15.3 Å². The van der Waals surface area contributed by atoms with Crippen LogP contribution in [0.15, 0.2) is 24.3 Å². The third-order valence-electron chi connectivity index (χ3n) is 3.38. The van der Waals surface area contributed by atoms with Crippen molar-refractivity contribution < 1.29 is 9.53 Å². The van der Waals surface area contributed by atoms with Gasteiger partial charge in [-0.15, -0.1) is 0 Å². The van der Waals surface area contributed by atoms with Gasteiger partial charge in [-0.2, -0.15) is 0 Å². The number of hydrogen-bond acceptors (Lipinski definition) is 5. The first-order chi connectivity index (χ1) is 9.69. The number of carbonyl (C=O) groups is 1. The van der Waals surface area contributed by atoms with Crippen LogP contribution in [0.25, 0.3) is 11.4 Å². The van der Waals surface area contributed by atoms with E-state index in [1.165, 1.54) is 12.7 Å². The molecule has 0 unspecified atom stereocenters. The molecule has 0 fully saturated rings. The van der Waals surface area contributed by atoms with Gasteiger partial charge in [0.1, 0.15) is 0 Å². The number of hydrogen-bond donors (Lipinski definition) is 1. The van der Waals surface area contributed by atoms with Gasteiger partial charge in [-0.3, -0.25) is 0 Å². The summed E-state index contributed by atoms with van der Waals surface area (Å²) in [4.78, 5) is 20.8. The maximum atomic E-state index is 11.9. The van der Waals surface area contributed by atoms with E-state index < -0.39 is 5.97 Å². The van der Waals surface area contributed by atoms with Crippen LogP contribution in [-0.4, -0.2) is 23.0 Å². The van der Waals surface area contributed by atoms with Crippen LogP contribution in [0.2, 0.25) is 0 Å². The van der Waals surface area contributed by atoms with Crippen LogP contribution in [0, 0.1) is 6.92 Å². The van der Waals surface area contributed by atoms with Crippen molar-refractivity contribution in [2.75, 3.05) is 7.11 Å². The molecule has 5 nitrogen and oxygen atoms in total. The number of aryl methyl sites for hydroxylation is 1. The van der Waals surface area contributed by atoms with E-state index in [0.29, 0.717) is 24.6 Å². The fourth-order valence-electron chi connectivity index (χ4n) is 2.27. The lowest BCUT2D eigenvalue weighted by molar-refractivity contribution is 0.0592. The van der Waals surface area contributed by atoms with Crippen molar-refractivity contribution in [1.82, 2.24) is 15.3 Å². The molecule has 1 N–H and O–H groups in total. The number of benzene rings is 1. The van der Waals surface area contributed by atoms with Gasteiger partial charge in [-0.05, 0) is 6.92 Å². The second-order valence-corrected chi connectivity index (χ2v) is 4.78. The average molecular weight is 269 g/mol. The highest BCUT2D eigenvalue weighted by molar-refractivity contribution is 5.89. The van der Waals surface area contributed by atoms with Crippen molar-refractivity contribution in [2.24, 2.45) is 0 Å². The molecule has 0 aliphatic carbocycles. The number of nitrogens with zero attached hydrogens (tertiary/aromatic N) is 2. The number of carbonyl (C=O) groups excluding carboxylic acids is 1. The van der Waals surface area contributed by atoms with Crippen molar-refractivity contribution in [3.05, 3.63) is 46.8 Å². The molecule has 2 aromatic rings. The fourth-order valence-corrected chi connectivity index (χ4v) is 2.27. The zero-order chi connectivity index (χ0) is 14.1. The van der Waals surface area contributed by atoms with Gasteiger partial charge in [0.05, 0.1) is 12.8 Å². The first kappa shape index (κ1) is 12.7. The molecule has 1 aromatic carbocycles. The number of fused-ring (bicyclic) bond motifs is 1. The molecule has 5 heteroatoms. The van der Waals surface area contributed by atoms with Crippen LogP contribution in [0.3, 0.4) is 0 Å². The minimum atomic E-state index is -0.416. The molecule has 0 atom stereocenters. The lowest BCUT2D eigenvalue weighted by Crippen LogP contribution is -2.11. The number of rotatable bonds is 2. The quantitative estimate of drug-likeness (QED) is 0.843. The molecule has 3 rings (SSSR count). The van der Waals surface area contributed by atoms with Gasteiger partial charge < -0.3 is 10.1 Å². The zero-order valence-electron chi connectivity index (χ0n) is 11.4. The predicted octanol–water partition coefficient (Wildman–Crippen LogP) is 1.84. The minimum absolute atomic E-state index is 0.359. The van der Waals surface area contributed by atoms with Crippen LogP contribution < -0.4 is 5.32 Å². The minimum Gasteiger partial charge on any atom is -0.464 e. The smallest absolute Gasteiger partial charge is 0.357 e. The highest BCUT2D eigenvalue weighted by Crippen LogP contribution is 2.23. The Morgan fingerprint density at radius 1 is 1.20 bits per heavy atom. The van der Waals surface area contributed by atoms with Crippen molar-refractivity contribution >= 4 is 5.97 Å². The maximum absolute atomic E-state index is 11.9. The monoisotopic (exact) mass is 269 g/mol. The normalized spacial score (nSPS) is 13.1. The standard InChI is InChI=1S/C15H15N3O2/c1-9-3-5-10(6-4-9)14-17-12-8-16-7-11(12)13(18-14)15(19)20-2/h3-6,16H,7-8H2,1-2H3. The van der Waals surface area contributed by atoms with Crippen LogP contribution in [-0.2, 0) is 17.8 Å². The largest absolute Gasteiger partial charge is 0.464 e. The lowest BCUT2D eigenvalue weighted by atomic mass is 10.1. The van der Waals surface area contributed by atoms with Crippen LogP contribution in [0.4, 0.5) is 0 Å². The predicted molar refractivity (Wildman–Crippen MR) is 74.1 cm³/mol. The summed E-state index contributed by atoms with van der Waals surface area (Å²) in [6, 6.07) is 7.92. The highest BCUT2D eigenvalue weighted by Gasteiger charge is 2.24. The Kier molecular flexibility index (Phi) is 3.20. The Morgan fingerprint density at radius 3 is 2.65 bits per heavy atom. The molecule has 0 radical (unpaired) electrons. The van der Waals surface area contributed by atoms with Crippen LogP contribution in [0.5, 0.6) is 0 Å². The Morgan fingerprint density at radius 2 is 1.95 bits per heavy atom. The van der Waals surface area contributed by atoms with Gasteiger partial charge in [0, 0.05) is 24.2 Å². The summed E-state index contributed by atoms with van der Waals surface area (Å²) in [5.41, 5.74) is 4.14. The summed E-state index contributed by atoms with van der Waals surface area (Å²) in [5, 5.41) is 3.18. The lowest BCUT2D eigenvalue weighted by Gasteiger charge is -2.08. The van der Waals surface area contributed by atoms with E-state index >= 15 is 0 Å². The number of ether oxygens (including phenoxy) is 1. The second kappa shape index (κ2) is 5.02. The van der Waals surface area contributed by atoms with E-state index in [1.807, 2.05) is 31.2 Å². The number of aromatic nitrogens is 2. The van der Waals surface area contributed by atoms with Gasteiger partial charge in [0.15, 0.2) is 11.5 Å². The summed E-state index contributed by atoms with van der Waals surface area (Å²) >= 11 is 0. The summed E-state index contributed by atoms with van der Waals surface area (Å²) in [6.07, 6.45) is 0. The van der Waals surface area contributed by atoms with Gasteiger partial charge in [-0.25, -0.2) is 14.8 Å². The van der Waals surface area contributed by atoms with Crippen LogP contribution >= 0.6 is 0 Å². The van der Waals surface area contributed by atoms with Crippen molar-refractivity contribution in [2.45, 2.75) is 20.0 Å². The molecule has 0 amide bonds. The molecule has 20 heavy (non-hydrogen) atoms. The van der Waals surface area contributed by atoms with E-state index in [0.717, 1.165) is 16.8 Å². The molecule has 0 bridgehead atoms. The summed E-state index contributed by atoms with van der Waals surface area (Å²) in [6.45, 7) is 3.28. The third-order valence-corrected chi connectivity index (χ3v) is 3.38. The number of esters is 1. The molecule has 1 aromatic heterocycles. The molecule has 0 spiro atoms. The Bertz CT molecular complexity index is 666. The Hall–Kier alpha value is -2.27. The molecule has 1 aliphatic rings.